The standard InChI is InChI=1S/C16H27N3O2S/c1-4-6-13-14(5-2)22-15(17-13)18-16(21)19-9-7-12(8-10-19)11(3)20/h11-12,20H,4-10H2,1-3H3,(H,17,18,21). The number of likely N-dealkylation sites (tertiary alicyclic amines) is 1. The van der Waals surface area contributed by atoms with Crippen LogP contribution in [-0.4, -0.2) is 40.2 Å². The summed E-state index contributed by atoms with van der Waals surface area (Å²) in [7, 11) is 0. The maximum absolute atomic E-state index is 12.3. The van der Waals surface area contributed by atoms with Crippen molar-refractivity contribution in [1.82, 2.24) is 9.88 Å². The molecule has 5 nitrogen and oxygen atoms in total. The third-order valence-electron chi connectivity index (χ3n) is 4.31. The summed E-state index contributed by atoms with van der Waals surface area (Å²) in [6.45, 7) is 7.50. The number of thiazole rings is 1. The number of amides is 2. The van der Waals surface area contributed by atoms with Crippen LogP contribution in [0.4, 0.5) is 9.93 Å². The largest absolute Gasteiger partial charge is 0.393 e. The Labute approximate surface area is 136 Å². The predicted molar refractivity (Wildman–Crippen MR) is 90.5 cm³/mol. The quantitative estimate of drug-likeness (QED) is 0.873. The first-order chi connectivity index (χ1) is 10.5. The van der Waals surface area contributed by atoms with Crippen molar-refractivity contribution in [2.45, 2.75) is 59.0 Å². The van der Waals surface area contributed by atoms with E-state index in [4.69, 9.17) is 0 Å². The number of hydrogen-bond donors (Lipinski definition) is 2. The molecule has 1 atom stereocenters. The van der Waals surface area contributed by atoms with E-state index in [0.717, 1.165) is 37.8 Å². The van der Waals surface area contributed by atoms with E-state index in [2.05, 4.69) is 24.1 Å². The fourth-order valence-corrected chi connectivity index (χ4v) is 3.84. The molecule has 2 N–H and O–H groups in total. The summed E-state index contributed by atoms with van der Waals surface area (Å²) in [6, 6.07) is -0.0662. The third kappa shape index (κ3) is 4.20. The van der Waals surface area contributed by atoms with E-state index in [9.17, 15) is 9.90 Å². The number of rotatable bonds is 5. The molecular formula is C16H27N3O2S. The lowest BCUT2D eigenvalue weighted by atomic mass is 9.92. The van der Waals surface area contributed by atoms with Crippen molar-refractivity contribution in [2.24, 2.45) is 5.92 Å². The molecule has 22 heavy (non-hydrogen) atoms. The molecule has 124 valence electrons. The predicted octanol–water partition coefficient (Wildman–Crippen LogP) is 3.28. The molecule has 2 heterocycles. The number of nitrogens with one attached hydrogen (secondary N) is 1. The molecular weight excluding hydrogens is 298 g/mol. The van der Waals surface area contributed by atoms with Gasteiger partial charge in [0.25, 0.3) is 0 Å². The van der Waals surface area contributed by atoms with Gasteiger partial charge < -0.3 is 10.0 Å². The van der Waals surface area contributed by atoms with Crippen LogP contribution < -0.4 is 5.32 Å². The highest BCUT2D eigenvalue weighted by molar-refractivity contribution is 7.15. The van der Waals surface area contributed by atoms with E-state index in [1.807, 2.05) is 11.8 Å². The minimum atomic E-state index is -0.284. The number of carbonyl (C=O) groups excluding carboxylic acids is 1. The third-order valence-corrected chi connectivity index (χ3v) is 5.47. The van der Waals surface area contributed by atoms with Crippen molar-refractivity contribution < 1.29 is 9.90 Å². The van der Waals surface area contributed by atoms with Crippen molar-refractivity contribution >= 4 is 22.5 Å². The Balaban J connectivity index is 1.92. The van der Waals surface area contributed by atoms with Gasteiger partial charge in [-0.3, -0.25) is 5.32 Å². The number of urea groups is 1. The summed E-state index contributed by atoms with van der Waals surface area (Å²) < 4.78 is 0. The SMILES string of the molecule is CCCc1nc(NC(=O)N2CCC(C(C)O)CC2)sc1CC. The Morgan fingerprint density at radius 1 is 1.45 bits per heavy atom. The minimum absolute atomic E-state index is 0.0662. The smallest absolute Gasteiger partial charge is 0.323 e. The summed E-state index contributed by atoms with van der Waals surface area (Å²) in [5.74, 6) is 0.312. The lowest BCUT2D eigenvalue weighted by Gasteiger charge is -2.32. The van der Waals surface area contributed by atoms with E-state index in [1.54, 1.807) is 11.3 Å². The average molecular weight is 325 g/mol. The van der Waals surface area contributed by atoms with E-state index >= 15 is 0 Å². The second kappa shape index (κ2) is 7.92. The highest BCUT2D eigenvalue weighted by atomic mass is 32.1. The van der Waals surface area contributed by atoms with Gasteiger partial charge in [0, 0.05) is 18.0 Å². The molecule has 0 bridgehead atoms. The van der Waals surface area contributed by atoms with Crippen LogP contribution in [0.5, 0.6) is 0 Å². The zero-order chi connectivity index (χ0) is 16.1. The van der Waals surface area contributed by atoms with Crippen molar-refractivity contribution in [3.8, 4) is 0 Å². The van der Waals surface area contributed by atoms with Gasteiger partial charge in [0.05, 0.1) is 11.8 Å². The number of piperidine rings is 1. The molecule has 0 saturated carbocycles. The molecule has 0 aromatic carbocycles. The van der Waals surface area contributed by atoms with Gasteiger partial charge in [-0.1, -0.05) is 20.3 Å². The van der Waals surface area contributed by atoms with Gasteiger partial charge in [-0.05, 0) is 38.5 Å². The molecule has 2 amide bonds. The molecule has 0 radical (unpaired) electrons. The molecule has 1 unspecified atom stereocenters. The fraction of sp³-hybridized carbons (Fsp3) is 0.750. The zero-order valence-electron chi connectivity index (χ0n) is 13.8. The molecule has 6 heteroatoms. The van der Waals surface area contributed by atoms with Gasteiger partial charge in [0.15, 0.2) is 5.13 Å². The molecule has 2 rings (SSSR count). The van der Waals surface area contributed by atoms with Gasteiger partial charge in [0.1, 0.15) is 0 Å². The number of aromatic nitrogens is 1. The molecule has 1 saturated heterocycles. The second-order valence-electron chi connectivity index (χ2n) is 5.99. The highest BCUT2D eigenvalue weighted by Gasteiger charge is 2.26. The summed E-state index contributed by atoms with van der Waals surface area (Å²) in [5.41, 5.74) is 1.12. The first kappa shape index (κ1) is 17.2. The zero-order valence-corrected chi connectivity index (χ0v) is 14.6. The Hall–Kier alpha value is -1.14. The van der Waals surface area contributed by atoms with Crippen LogP contribution >= 0.6 is 11.3 Å². The van der Waals surface area contributed by atoms with Gasteiger partial charge in [0.2, 0.25) is 0 Å². The molecule has 1 fully saturated rings. The Kier molecular flexibility index (Phi) is 6.20. The van der Waals surface area contributed by atoms with Crippen molar-refractivity contribution in [3.05, 3.63) is 10.6 Å². The van der Waals surface area contributed by atoms with Gasteiger partial charge in [-0.2, -0.15) is 0 Å². The normalized spacial score (nSPS) is 17.5. The Bertz CT molecular complexity index is 494. The molecule has 0 aliphatic carbocycles. The van der Waals surface area contributed by atoms with Gasteiger partial charge in [-0.15, -0.1) is 11.3 Å². The monoisotopic (exact) mass is 325 g/mol. The maximum Gasteiger partial charge on any atom is 0.323 e. The number of anilines is 1. The van der Waals surface area contributed by atoms with E-state index in [-0.39, 0.29) is 12.1 Å². The molecule has 1 aliphatic rings. The average Bonchev–Trinajstić information content (AvgIpc) is 2.89. The molecule has 1 aliphatic heterocycles. The van der Waals surface area contributed by atoms with Crippen LogP contribution in [0, 0.1) is 5.92 Å². The maximum atomic E-state index is 12.3. The van der Waals surface area contributed by atoms with Crippen LogP contribution in [-0.2, 0) is 12.8 Å². The highest BCUT2D eigenvalue weighted by Crippen LogP contribution is 2.26. The Morgan fingerprint density at radius 2 is 2.14 bits per heavy atom. The van der Waals surface area contributed by atoms with Crippen molar-refractivity contribution in [2.75, 3.05) is 18.4 Å². The summed E-state index contributed by atoms with van der Waals surface area (Å²) >= 11 is 1.59. The van der Waals surface area contributed by atoms with Crippen LogP contribution in [0.3, 0.4) is 0 Å². The number of carbonyl (C=O) groups is 1. The topological polar surface area (TPSA) is 65.5 Å². The van der Waals surface area contributed by atoms with Gasteiger partial charge in [-0.25, -0.2) is 9.78 Å². The first-order valence-corrected chi connectivity index (χ1v) is 9.09. The number of aliphatic hydroxyl groups is 1. The van der Waals surface area contributed by atoms with Crippen LogP contribution in [0.2, 0.25) is 0 Å². The van der Waals surface area contributed by atoms with Crippen LogP contribution in [0.1, 0.15) is 50.6 Å². The summed E-state index contributed by atoms with van der Waals surface area (Å²) in [5, 5.41) is 13.3. The summed E-state index contributed by atoms with van der Waals surface area (Å²) in [6.07, 6.45) is 4.44. The minimum Gasteiger partial charge on any atom is -0.393 e. The fourth-order valence-electron chi connectivity index (χ4n) is 2.90. The number of aryl methyl sites for hydroxylation is 2. The van der Waals surface area contributed by atoms with Crippen LogP contribution in [0.25, 0.3) is 0 Å². The van der Waals surface area contributed by atoms with Crippen molar-refractivity contribution in [3.63, 3.8) is 0 Å². The number of nitrogens with zero attached hydrogens (tertiary/aromatic N) is 2. The molecule has 0 spiro atoms. The number of aliphatic hydroxyl groups excluding tert-OH is 1. The van der Waals surface area contributed by atoms with E-state index in [1.165, 1.54) is 4.88 Å². The lowest BCUT2D eigenvalue weighted by molar-refractivity contribution is 0.0820. The van der Waals surface area contributed by atoms with E-state index in [0.29, 0.717) is 24.1 Å². The number of hydrogen-bond acceptors (Lipinski definition) is 4. The van der Waals surface area contributed by atoms with Gasteiger partial charge >= 0.3 is 6.03 Å². The van der Waals surface area contributed by atoms with Crippen molar-refractivity contribution in [1.29, 1.82) is 0 Å². The second-order valence-corrected chi connectivity index (χ2v) is 7.07. The summed E-state index contributed by atoms with van der Waals surface area (Å²) in [4.78, 5) is 20.0. The Morgan fingerprint density at radius 3 is 2.68 bits per heavy atom. The molecule has 1 aromatic rings. The lowest BCUT2D eigenvalue weighted by Crippen LogP contribution is -2.42. The van der Waals surface area contributed by atoms with Crippen LogP contribution in [0.15, 0.2) is 0 Å². The molecule has 1 aromatic heterocycles. The first-order valence-electron chi connectivity index (χ1n) is 8.27. The van der Waals surface area contributed by atoms with E-state index < -0.39 is 0 Å².